The molecule has 0 aromatic heterocycles. The van der Waals surface area contributed by atoms with Crippen LogP contribution in [-0.2, 0) is 0 Å². The Hall–Kier alpha value is -1.95. The van der Waals surface area contributed by atoms with Crippen molar-refractivity contribution >= 4 is 11.5 Å². The van der Waals surface area contributed by atoms with Crippen molar-refractivity contribution in [3.8, 4) is 11.5 Å². The molecular weight excluding hydrogens is 238 g/mol. The molecule has 0 saturated heterocycles. The van der Waals surface area contributed by atoms with E-state index < -0.39 is 0 Å². The van der Waals surface area contributed by atoms with E-state index in [1.165, 1.54) is 26.2 Å². The number of hydrogen-bond donors (Lipinski definition) is 1. The second kappa shape index (κ2) is 6.70. The molecule has 0 unspecified atom stereocenters. The summed E-state index contributed by atoms with van der Waals surface area (Å²) in [6.45, 7) is 1.63. The molecular formula is C12H15NO5. The Morgan fingerprint density at radius 3 is 2.61 bits per heavy atom. The molecule has 6 nitrogen and oxygen atoms in total. The summed E-state index contributed by atoms with van der Waals surface area (Å²) in [5.74, 6) is 0.404. The second-order valence-corrected chi connectivity index (χ2v) is 3.59. The summed E-state index contributed by atoms with van der Waals surface area (Å²) in [6, 6.07) is 2.79. The van der Waals surface area contributed by atoms with Crippen molar-refractivity contribution in [1.29, 1.82) is 0 Å². The van der Waals surface area contributed by atoms with Crippen LogP contribution in [-0.4, -0.2) is 31.2 Å². The predicted molar refractivity (Wildman–Crippen MR) is 65.7 cm³/mol. The van der Waals surface area contributed by atoms with Gasteiger partial charge in [0.25, 0.3) is 0 Å². The number of nitrogens with zero attached hydrogens (tertiary/aromatic N) is 1. The number of carbonyl (C=O) groups is 1. The molecule has 0 bridgehead atoms. The fourth-order valence-electron chi connectivity index (χ4n) is 1.43. The quantitative estimate of drug-likeness (QED) is 0.456. The van der Waals surface area contributed by atoms with Crippen LogP contribution < -0.4 is 9.47 Å². The van der Waals surface area contributed by atoms with Gasteiger partial charge < -0.3 is 14.6 Å². The fraction of sp³-hybridized carbons (Fsp3) is 0.417. The zero-order valence-electron chi connectivity index (χ0n) is 10.3. The summed E-state index contributed by atoms with van der Waals surface area (Å²) < 4.78 is 10.4. The Bertz CT molecular complexity index is 444. The molecule has 0 atom stereocenters. The molecule has 98 valence electrons. The van der Waals surface area contributed by atoms with E-state index in [-0.39, 0.29) is 30.2 Å². The van der Waals surface area contributed by atoms with E-state index in [4.69, 9.17) is 14.6 Å². The van der Waals surface area contributed by atoms with Crippen LogP contribution in [0.25, 0.3) is 0 Å². The first-order chi connectivity index (χ1) is 8.63. The predicted octanol–water partition coefficient (Wildman–Crippen LogP) is 2.06. The third-order valence-electron chi connectivity index (χ3n) is 2.32. The van der Waals surface area contributed by atoms with Gasteiger partial charge in [-0.05, 0) is 18.2 Å². The van der Waals surface area contributed by atoms with Crippen molar-refractivity contribution in [1.82, 2.24) is 0 Å². The van der Waals surface area contributed by atoms with E-state index in [0.29, 0.717) is 17.9 Å². The molecule has 0 radical (unpaired) electrons. The minimum atomic E-state index is -0.273. The molecule has 0 aliphatic heterocycles. The molecule has 0 heterocycles. The van der Waals surface area contributed by atoms with Gasteiger partial charge in [0.2, 0.25) is 0 Å². The van der Waals surface area contributed by atoms with Crippen molar-refractivity contribution in [2.75, 3.05) is 20.3 Å². The molecule has 1 rings (SSSR count). The largest absolute Gasteiger partial charge is 0.493 e. The van der Waals surface area contributed by atoms with Crippen LogP contribution >= 0.6 is 0 Å². The molecule has 0 aliphatic rings. The molecule has 18 heavy (non-hydrogen) atoms. The fourth-order valence-corrected chi connectivity index (χ4v) is 1.43. The van der Waals surface area contributed by atoms with Crippen molar-refractivity contribution in [3.05, 3.63) is 22.6 Å². The number of ether oxygens (including phenoxy) is 2. The van der Waals surface area contributed by atoms with Crippen molar-refractivity contribution in [2.45, 2.75) is 13.3 Å². The molecule has 0 fully saturated rings. The topological polar surface area (TPSA) is 85.2 Å². The van der Waals surface area contributed by atoms with E-state index in [0.717, 1.165) is 0 Å². The maximum atomic E-state index is 11.3. The van der Waals surface area contributed by atoms with Gasteiger partial charge in [-0.1, -0.05) is 0 Å². The smallest absolute Gasteiger partial charge is 0.163 e. The van der Waals surface area contributed by atoms with Crippen LogP contribution in [0.15, 0.2) is 17.3 Å². The van der Waals surface area contributed by atoms with Crippen molar-refractivity contribution < 1.29 is 19.4 Å². The molecule has 1 aromatic carbocycles. The Morgan fingerprint density at radius 2 is 2.11 bits per heavy atom. The lowest BCUT2D eigenvalue weighted by molar-refractivity contribution is 0.101. The van der Waals surface area contributed by atoms with Crippen molar-refractivity contribution in [2.24, 2.45) is 5.18 Å². The van der Waals surface area contributed by atoms with Gasteiger partial charge in [-0.2, -0.15) is 0 Å². The van der Waals surface area contributed by atoms with Crippen LogP contribution in [0.1, 0.15) is 23.7 Å². The number of ketones is 1. The molecule has 1 N–H and O–H groups in total. The number of Topliss-reactive ketones (excluding diaryl/α,β-unsaturated/α-hetero) is 1. The number of hydrogen-bond acceptors (Lipinski definition) is 6. The summed E-state index contributed by atoms with van der Waals surface area (Å²) >= 11 is 0. The van der Waals surface area contributed by atoms with E-state index in [1.54, 1.807) is 0 Å². The van der Waals surface area contributed by atoms with Gasteiger partial charge in [0, 0.05) is 19.1 Å². The highest BCUT2D eigenvalue weighted by Crippen LogP contribution is 2.35. The first-order valence-electron chi connectivity index (χ1n) is 5.44. The average Bonchev–Trinajstić information content (AvgIpc) is 2.38. The lowest BCUT2D eigenvalue weighted by Crippen LogP contribution is -2.03. The number of carbonyl (C=O) groups excluding carboxylic acids is 1. The van der Waals surface area contributed by atoms with Gasteiger partial charge in [-0.15, -0.1) is 4.91 Å². The van der Waals surface area contributed by atoms with E-state index in [9.17, 15) is 9.70 Å². The summed E-state index contributed by atoms with van der Waals surface area (Å²) in [7, 11) is 1.44. The summed E-state index contributed by atoms with van der Waals surface area (Å²) in [5, 5.41) is 11.5. The highest BCUT2D eigenvalue weighted by molar-refractivity contribution is 5.99. The maximum Gasteiger partial charge on any atom is 0.163 e. The van der Waals surface area contributed by atoms with Crippen LogP contribution in [0, 0.1) is 4.91 Å². The zero-order chi connectivity index (χ0) is 13.5. The summed E-state index contributed by atoms with van der Waals surface area (Å²) in [5.41, 5.74) is 0.207. The Balaban J connectivity index is 3.09. The van der Waals surface area contributed by atoms with Crippen molar-refractivity contribution in [3.63, 3.8) is 0 Å². The molecule has 0 amide bonds. The van der Waals surface area contributed by atoms with Crippen LogP contribution in [0.3, 0.4) is 0 Å². The van der Waals surface area contributed by atoms with Crippen LogP contribution in [0.4, 0.5) is 5.69 Å². The Morgan fingerprint density at radius 1 is 1.39 bits per heavy atom. The third kappa shape index (κ3) is 3.27. The molecule has 0 spiro atoms. The Labute approximate surface area is 104 Å². The van der Waals surface area contributed by atoms with Gasteiger partial charge in [-0.25, -0.2) is 0 Å². The average molecular weight is 253 g/mol. The molecule has 1 aromatic rings. The molecule has 6 heteroatoms. The number of rotatable bonds is 7. The van der Waals surface area contributed by atoms with Gasteiger partial charge in [0.05, 0.1) is 19.3 Å². The summed E-state index contributed by atoms with van der Waals surface area (Å²) in [4.78, 5) is 22.0. The van der Waals surface area contributed by atoms with E-state index >= 15 is 0 Å². The first kappa shape index (κ1) is 14.1. The van der Waals surface area contributed by atoms with Gasteiger partial charge in [-0.3, -0.25) is 4.79 Å². The monoisotopic (exact) mass is 253 g/mol. The number of nitroso groups, excluding NO2 is 1. The highest BCUT2D eigenvalue weighted by Gasteiger charge is 2.15. The highest BCUT2D eigenvalue weighted by atomic mass is 16.5. The number of benzene rings is 1. The number of aliphatic hydroxyl groups excluding tert-OH is 1. The van der Waals surface area contributed by atoms with E-state index in [1.807, 2.05) is 0 Å². The first-order valence-corrected chi connectivity index (χ1v) is 5.44. The lowest BCUT2D eigenvalue weighted by Gasteiger charge is -2.12. The second-order valence-electron chi connectivity index (χ2n) is 3.59. The molecule has 0 saturated carbocycles. The van der Waals surface area contributed by atoms with Gasteiger partial charge >= 0.3 is 0 Å². The van der Waals surface area contributed by atoms with Crippen LogP contribution in [0.5, 0.6) is 11.5 Å². The van der Waals surface area contributed by atoms with Crippen LogP contribution in [0.2, 0.25) is 0 Å². The minimum Gasteiger partial charge on any atom is -0.493 e. The minimum absolute atomic E-state index is 0.00658. The molecule has 0 aliphatic carbocycles. The number of aliphatic hydroxyl groups is 1. The van der Waals surface area contributed by atoms with E-state index in [2.05, 4.69) is 5.18 Å². The van der Waals surface area contributed by atoms with Gasteiger partial charge in [0.15, 0.2) is 17.3 Å². The normalized spacial score (nSPS) is 9.94. The Kier molecular flexibility index (Phi) is 5.26. The summed E-state index contributed by atoms with van der Waals surface area (Å²) in [6.07, 6.45) is 0.460. The number of methoxy groups -OCH3 is 1. The SMILES string of the molecule is COc1cc(C(C)=O)c(N=O)cc1OCCCO. The maximum absolute atomic E-state index is 11.3. The standard InChI is InChI=1S/C12H15NO5/c1-8(15)9-6-11(17-2)12(7-10(9)13-16)18-5-3-4-14/h6-7,14H,3-5H2,1-2H3. The van der Waals surface area contributed by atoms with Gasteiger partial charge in [0.1, 0.15) is 5.69 Å². The third-order valence-corrected chi connectivity index (χ3v) is 2.32. The zero-order valence-corrected chi connectivity index (χ0v) is 10.3. The lowest BCUT2D eigenvalue weighted by atomic mass is 10.1.